The number of nitrogens with zero attached hydrogens (tertiary/aromatic N) is 2. The molecule has 1 aliphatic rings. The van der Waals surface area contributed by atoms with E-state index < -0.39 is 0 Å². The predicted molar refractivity (Wildman–Crippen MR) is 65.8 cm³/mol. The van der Waals surface area contributed by atoms with Crippen LogP contribution >= 0.6 is 0 Å². The first-order chi connectivity index (χ1) is 7.61. The highest BCUT2D eigenvalue weighted by atomic mass is 15.2. The van der Waals surface area contributed by atoms with Gasteiger partial charge in [-0.25, -0.2) is 0 Å². The molecule has 0 atom stereocenters. The SMILES string of the molecule is CC1(C)CCN(Cc2cccnc2CN)C1. The van der Waals surface area contributed by atoms with Gasteiger partial charge in [0.2, 0.25) is 0 Å². The minimum atomic E-state index is 0.463. The molecule has 1 saturated heterocycles. The number of hydrogen-bond donors (Lipinski definition) is 1. The van der Waals surface area contributed by atoms with E-state index in [1.54, 1.807) is 0 Å². The molecule has 0 saturated carbocycles. The first kappa shape index (κ1) is 11.6. The van der Waals surface area contributed by atoms with Gasteiger partial charge in [0.25, 0.3) is 0 Å². The van der Waals surface area contributed by atoms with Crippen molar-refractivity contribution < 1.29 is 0 Å². The van der Waals surface area contributed by atoms with Crippen LogP contribution < -0.4 is 5.73 Å². The minimum Gasteiger partial charge on any atom is -0.325 e. The first-order valence-electron chi connectivity index (χ1n) is 5.96. The lowest BCUT2D eigenvalue weighted by molar-refractivity contribution is 0.283. The van der Waals surface area contributed by atoms with Gasteiger partial charge in [-0.3, -0.25) is 9.88 Å². The van der Waals surface area contributed by atoms with Gasteiger partial charge < -0.3 is 5.73 Å². The van der Waals surface area contributed by atoms with Gasteiger partial charge in [0.15, 0.2) is 0 Å². The van der Waals surface area contributed by atoms with Crippen LogP contribution in [0.15, 0.2) is 18.3 Å². The van der Waals surface area contributed by atoms with Gasteiger partial charge >= 0.3 is 0 Å². The lowest BCUT2D eigenvalue weighted by atomic mass is 9.93. The summed E-state index contributed by atoms with van der Waals surface area (Å²) in [5.41, 5.74) is 8.48. The Bertz CT molecular complexity index is 360. The van der Waals surface area contributed by atoms with Gasteiger partial charge in [-0.05, 0) is 30.0 Å². The maximum atomic E-state index is 5.70. The Morgan fingerprint density at radius 2 is 2.31 bits per heavy atom. The fraction of sp³-hybridized carbons (Fsp3) is 0.615. The molecule has 0 unspecified atom stereocenters. The van der Waals surface area contributed by atoms with Crippen molar-refractivity contribution in [2.24, 2.45) is 11.1 Å². The average Bonchev–Trinajstić information content (AvgIpc) is 2.59. The molecule has 1 aliphatic heterocycles. The number of pyridine rings is 1. The van der Waals surface area contributed by atoms with Gasteiger partial charge in [-0.15, -0.1) is 0 Å². The molecule has 2 heterocycles. The highest BCUT2D eigenvalue weighted by Crippen LogP contribution is 2.29. The smallest absolute Gasteiger partial charge is 0.0584 e. The van der Waals surface area contributed by atoms with Crippen molar-refractivity contribution in [2.45, 2.75) is 33.4 Å². The maximum Gasteiger partial charge on any atom is 0.0584 e. The van der Waals surface area contributed by atoms with Crippen molar-refractivity contribution >= 4 is 0 Å². The molecule has 0 aliphatic carbocycles. The Morgan fingerprint density at radius 1 is 1.50 bits per heavy atom. The van der Waals surface area contributed by atoms with E-state index >= 15 is 0 Å². The van der Waals surface area contributed by atoms with E-state index in [1.165, 1.54) is 25.1 Å². The summed E-state index contributed by atoms with van der Waals surface area (Å²) in [7, 11) is 0. The van der Waals surface area contributed by atoms with E-state index in [4.69, 9.17) is 5.73 Å². The summed E-state index contributed by atoms with van der Waals surface area (Å²) < 4.78 is 0. The van der Waals surface area contributed by atoms with Crippen LogP contribution in [0.3, 0.4) is 0 Å². The van der Waals surface area contributed by atoms with Crippen molar-refractivity contribution in [1.29, 1.82) is 0 Å². The molecule has 1 aromatic rings. The number of likely N-dealkylation sites (tertiary alicyclic amines) is 1. The summed E-state index contributed by atoms with van der Waals surface area (Å²) >= 11 is 0. The van der Waals surface area contributed by atoms with E-state index in [0.29, 0.717) is 12.0 Å². The van der Waals surface area contributed by atoms with Gasteiger partial charge in [0.05, 0.1) is 5.69 Å². The Hall–Kier alpha value is -0.930. The average molecular weight is 219 g/mol. The summed E-state index contributed by atoms with van der Waals surface area (Å²) in [6.07, 6.45) is 3.10. The lowest BCUT2D eigenvalue weighted by Gasteiger charge is -2.20. The molecule has 3 heteroatoms. The Balaban J connectivity index is 2.04. The Labute approximate surface area is 97.7 Å². The molecule has 3 nitrogen and oxygen atoms in total. The third-order valence-electron chi connectivity index (χ3n) is 3.33. The van der Waals surface area contributed by atoms with E-state index in [9.17, 15) is 0 Å². The fourth-order valence-corrected chi connectivity index (χ4v) is 2.40. The molecule has 0 bridgehead atoms. The monoisotopic (exact) mass is 219 g/mol. The number of rotatable bonds is 3. The minimum absolute atomic E-state index is 0.463. The molecular weight excluding hydrogens is 198 g/mol. The van der Waals surface area contributed by atoms with Crippen LogP contribution in [-0.4, -0.2) is 23.0 Å². The van der Waals surface area contributed by atoms with E-state index in [-0.39, 0.29) is 0 Å². The number of nitrogens with two attached hydrogens (primary N) is 1. The van der Waals surface area contributed by atoms with E-state index in [1.807, 2.05) is 12.3 Å². The predicted octanol–water partition coefficient (Wildman–Crippen LogP) is 1.77. The second kappa shape index (κ2) is 4.52. The van der Waals surface area contributed by atoms with Gasteiger partial charge in [-0.1, -0.05) is 19.9 Å². The summed E-state index contributed by atoms with van der Waals surface area (Å²) in [5, 5.41) is 0. The van der Waals surface area contributed by atoms with Crippen LogP contribution in [0.5, 0.6) is 0 Å². The van der Waals surface area contributed by atoms with E-state index in [2.05, 4.69) is 29.8 Å². The Kier molecular flexibility index (Phi) is 3.26. The molecule has 16 heavy (non-hydrogen) atoms. The number of aromatic nitrogens is 1. The molecule has 0 aromatic carbocycles. The highest BCUT2D eigenvalue weighted by Gasteiger charge is 2.29. The quantitative estimate of drug-likeness (QED) is 0.842. The zero-order valence-corrected chi connectivity index (χ0v) is 10.2. The molecule has 0 amide bonds. The standard InChI is InChI=1S/C13H21N3/c1-13(2)5-7-16(10-13)9-11-4-3-6-15-12(11)8-14/h3-4,6H,5,7-10,14H2,1-2H3. The van der Waals surface area contributed by atoms with Crippen molar-refractivity contribution in [2.75, 3.05) is 13.1 Å². The van der Waals surface area contributed by atoms with Crippen molar-refractivity contribution in [3.63, 3.8) is 0 Å². The largest absolute Gasteiger partial charge is 0.325 e. The summed E-state index contributed by atoms with van der Waals surface area (Å²) in [5.74, 6) is 0. The molecule has 2 N–H and O–H groups in total. The summed E-state index contributed by atoms with van der Waals surface area (Å²) in [4.78, 5) is 6.82. The summed E-state index contributed by atoms with van der Waals surface area (Å²) in [6.45, 7) is 8.55. The molecular formula is C13H21N3. The zero-order chi connectivity index (χ0) is 11.6. The maximum absolute atomic E-state index is 5.70. The van der Waals surface area contributed by atoms with Gasteiger partial charge in [0, 0.05) is 25.8 Å². The Morgan fingerprint density at radius 3 is 2.94 bits per heavy atom. The topological polar surface area (TPSA) is 42.2 Å². The van der Waals surface area contributed by atoms with Crippen LogP contribution in [0.4, 0.5) is 0 Å². The second-order valence-corrected chi connectivity index (χ2v) is 5.44. The zero-order valence-electron chi connectivity index (χ0n) is 10.2. The van der Waals surface area contributed by atoms with Crippen LogP contribution in [-0.2, 0) is 13.1 Å². The molecule has 1 fully saturated rings. The first-order valence-corrected chi connectivity index (χ1v) is 5.96. The number of hydrogen-bond acceptors (Lipinski definition) is 3. The third kappa shape index (κ3) is 2.60. The van der Waals surface area contributed by atoms with Crippen LogP contribution in [0.2, 0.25) is 0 Å². The fourth-order valence-electron chi connectivity index (χ4n) is 2.40. The molecule has 1 aromatic heterocycles. The van der Waals surface area contributed by atoms with Gasteiger partial charge in [-0.2, -0.15) is 0 Å². The van der Waals surface area contributed by atoms with Crippen molar-refractivity contribution in [1.82, 2.24) is 9.88 Å². The lowest BCUT2D eigenvalue weighted by Crippen LogP contribution is -2.24. The second-order valence-electron chi connectivity index (χ2n) is 5.44. The third-order valence-corrected chi connectivity index (χ3v) is 3.33. The molecule has 0 spiro atoms. The summed E-state index contributed by atoms with van der Waals surface area (Å²) in [6, 6.07) is 4.14. The molecule has 88 valence electrons. The molecule has 0 radical (unpaired) electrons. The van der Waals surface area contributed by atoms with Gasteiger partial charge in [0.1, 0.15) is 0 Å². The van der Waals surface area contributed by atoms with Crippen LogP contribution in [0.1, 0.15) is 31.5 Å². The van der Waals surface area contributed by atoms with Crippen molar-refractivity contribution in [3.8, 4) is 0 Å². The van der Waals surface area contributed by atoms with Crippen molar-refractivity contribution in [3.05, 3.63) is 29.6 Å². The van der Waals surface area contributed by atoms with Crippen LogP contribution in [0, 0.1) is 5.41 Å². The normalized spacial score (nSPS) is 20.2. The van der Waals surface area contributed by atoms with Crippen LogP contribution in [0.25, 0.3) is 0 Å². The van der Waals surface area contributed by atoms with E-state index in [0.717, 1.165) is 12.2 Å². The highest BCUT2D eigenvalue weighted by molar-refractivity contribution is 5.19. The molecule has 2 rings (SSSR count).